The first kappa shape index (κ1) is 56.3. The summed E-state index contributed by atoms with van der Waals surface area (Å²) >= 11 is -9.33. The van der Waals surface area contributed by atoms with Gasteiger partial charge < -0.3 is 27.3 Å². The Morgan fingerprint density at radius 3 is 0.444 bits per heavy atom. The van der Waals surface area contributed by atoms with E-state index in [0.29, 0.717) is 0 Å². The van der Waals surface area contributed by atoms with Crippen LogP contribution in [0.3, 0.4) is 0 Å². The summed E-state index contributed by atoms with van der Waals surface area (Å²) in [4.78, 5) is 0. The molecular weight excluding hydrogens is 750 g/mol. The number of rotatable bonds is 0. The predicted octanol–water partition coefficient (Wildman–Crippen LogP) is -9.01. The Labute approximate surface area is 259 Å². The van der Waals surface area contributed by atoms with E-state index in [2.05, 4.69) is 0 Å². The molecule has 0 spiro atoms. The van der Waals surface area contributed by atoms with E-state index in [1.807, 2.05) is 0 Å². The molecule has 0 aliphatic heterocycles. The Hall–Kier alpha value is 6.44. The van der Waals surface area contributed by atoms with Crippen molar-refractivity contribution in [1.29, 1.82) is 0 Å². The third-order valence-electron chi connectivity index (χ3n) is 0. The molecule has 0 atom stereocenters. The van der Waals surface area contributed by atoms with Gasteiger partial charge >= 0.3 is 192 Å². The molecule has 0 unspecified atom stereocenters. The molecule has 0 amide bonds. The third-order valence-corrected chi connectivity index (χ3v) is 0. The molecule has 0 bridgehead atoms. The van der Waals surface area contributed by atoms with Crippen molar-refractivity contribution in [3.8, 4) is 0 Å². The van der Waals surface area contributed by atoms with Crippen molar-refractivity contribution in [3.05, 3.63) is 0 Å². The van der Waals surface area contributed by atoms with Gasteiger partial charge in [0.1, 0.15) is 0 Å². The van der Waals surface area contributed by atoms with Crippen LogP contribution in [-0.4, -0.2) is 39.9 Å². The van der Waals surface area contributed by atoms with E-state index in [0.717, 1.165) is 0 Å². The Morgan fingerprint density at radius 2 is 0.444 bits per heavy atom. The van der Waals surface area contributed by atoms with Gasteiger partial charge in [-0.25, -0.2) is 0 Å². The number of hydrogen-bond acceptors (Lipinski definition) is 9. The average Bonchev–Trinajstić information content (AvgIpc) is 1.54. The van der Waals surface area contributed by atoms with Gasteiger partial charge in [0.25, 0.3) is 0 Å². The van der Waals surface area contributed by atoms with Crippen LogP contribution < -0.4 is 103 Å². The zero-order valence-corrected chi connectivity index (χ0v) is 22.7. The van der Waals surface area contributed by atoms with E-state index in [1.54, 1.807) is 0 Å². The Balaban J connectivity index is -0.00000000827. The van der Waals surface area contributed by atoms with Crippen molar-refractivity contribution < 1.29 is 232 Å². The quantitative estimate of drug-likeness (QED) is 0.171. The van der Waals surface area contributed by atoms with E-state index in [9.17, 15) is 0 Å². The minimum Gasteiger partial charge on any atom is -0.784 e. The molecule has 0 rings (SSSR count). The normalized spacial score (nSPS) is 5.83. The van der Waals surface area contributed by atoms with Crippen LogP contribution in [0.4, 0.5) is 0 Å². The van der Waals surface area contributed by atoms with E-state index in [4.69, 9.17) is 39.9 Å². The summed E-state index contributed by atoms with van der Waals surface area (Å²) in [6.45, 7) is 0. The minimum atomic E-state index is -3.11. The van der Waals surface area contributed by atoms with Crippen molar-refractivity contribution in [3.63, 3.8) is 0 Å². The van der Waals surface area contributed by atoms with E-state index >= 15 is 0 Å². The second-order valence-electron chi connectivity index (χ2n) is 0.612. The van der Waals surface area contributed by atoms with Gasteiger partial charge in [-0.2, -0.15) is 0 Å². The topological polar surface area (TPSA) is 190 Å². The first-order chi connectivity index (χ1) is 5.20. The SMILES string of the molecule is O=S([O-])[O-].O=S([O-])[O-].O=S([O-])[O-].[Ag+].[Ag+].[Ag+].[Ag+].[K+].[K+]. The van der Waals surface area contributed by atoms with Gasteiger partial charge in [-0.15, -0.1) is 34.1 Å². The zero-order valence-electron chi connectivity index (χ0n) is 8.11. The first-order valence-corrected chi connectivity index (χ1v) is 4.50. The Kier molecular flexibility index (Phi) is 155. The predicted molar refractivity (Wildman–Crippen MR) is 29.1 cm³/mol. The summed E-state index contributed by atoms with van der Waals surface area (Å²) in [5.74, 6) is 0. The molecule has 0 heterocycles. The molecule has 0 aromatic rings. The van der Waals surface area contributed by atoms with Crippen molar-refractivity contribution in [1.82, 2.24) is 0 Å². The Bertz CT molecular complexity index is 129. The second kappa shape index (κ2) is 49.5. The number of hydrogen-bond donors (Lipinski definition) is 0. The van der Waals surface area contributed by atoms with Crippen LogP contribution in [0.15, 0.2) is 0 Å². The van der Waals surface area contributed by atoms with Crippen molar-refractivity contribution >= 4 is 34.1 Å². The molecule has 0 aliphatic rings. The van der Waals surface area contributed by atoms with Crippen LogP contribution in [0.25, 0.3) is 0 Å². The summed E-state index contributed by atoms with van der Waals surface area (Å²) in [6.07, 6.45) is 0. The van der Waals surface area contributed by atoms with Gasteiger partial charge in [0.05, 0.1) is 0 Å². The Morgan fingerprint density at radius 1 is 0.444 bits per heavy atom. The third kappa shape index (κ3) is 249. The summed E-state index contributed by atoms with van der Waals surface area (Å²) in [5.41, 5.74) is 0. The van der Waals surface area contributed by atoms with E-state index in [1.165, 1.54) is 0 Å². The van der Waals surface area contributed by atoms with Crippen molar-refractivity contribution in [2.45, 2.75) is 0 Å². The molecule has 0 aromatic carbocycles. The van der Waals surface area contributed by atoms with Crippen LogP contribution in [0.2, 0.25) is 0 Å². The standard InChI is InChI=1S/4Ag.2K.3H2O3S/c;;;;;;3*1-4(2)3/h;;;;;;3*(H2,1,2,3)/q6*+1;;;/p-6. The van der Waals surface area contributed by atoms with Gasteiger partial charge in [-0.1, -0.05) is 0 Å². The molecule has 18 heteroatoms. The van der Waals surface area contributed by atoms with Crippen LogP contribution in [0.1, 0.15) is 0 Å². The van der Waals surface area contributed by atoms with Crippen LogP contribution in [0.5, 0.6) is 0 Å². The fraction of sp³-hybridized carbons (Fsp3) is 0. The average molecular weight is 750 g/mol. The maximum Gasteiger partial charge on any atom is 1.00 e. The van der Waals surface area contributed by atoms with Crippen LogP contribution >= 0.6 is 0 Å². The fourth-order valence-electron chi connectivity index (χ4n) is 0. The molecule has 0 saturated carbocycles. The summed E-state index contributed by atoms with van der Waals surface area (Å²) < 4.78 is 76.0. The molecule has 0 saturated heterocycles. The monoisotopic (exact) mass is 745 g/mol. The van der Waals surface area contributed by atoms with Gasteiger partial charge in [-0.05, 0) is 0 Å². The molecule has 9 nitrogen and oxygen atoms in total. The fourth-order valence-corrected chi connectivity index (χ4v) is 0. The molecular formula is Ag4K2O9S3. The molecule has 0 radical (unpaired) electrons. The molecule has 0 fully saturated rings. The second-order valence-corrected chi connectivity index (χ2v) is 1.84. The van der Waals surface area contributed by atoms with Crippen LogP contribution in [0, 0.1) is 0 Å². The van der Waals surface area contributed by atoms with Crippen molar-refractivity contribution in [2.75, 3.05) is 0 Å². The van der Waals surface area contributed by atoms with Gasteiger partial charge in [-0.3, -0.25) is 12.6 Å². The maximum absolute atomic E-state index is 8.44. The van der Waals surface area contributed by atoms with E-state index in [-0.39, 0.29) is 192 Å². The molecule has 0 N–H and O–H groups in total. The first-order valence-electron chi connectivity index (χ1n) is 1.50. The maximum atomic E-state index is 8.44. The summed E-state index contributed by atoms with van der Waals surface area (Å²) in [6, 6.07) is 0. The van der Waals surface area contributed by atoms with Gasteiger partial charge in [0.15, 0.2) is 0 Å². The minimum absolute atomic E-state index is 0. The van der Waals surface area contributed by atoms with Gasteiger partial charge in [0, 0.05) is 0 Å². The zero-order chi connectivity index (χ0) is 10.7. The molecule has 0 aliphatic carbocycles. The van der Waals surface area contributed by atoms with Crippen LogP contribution in [-0.2, 0) is 124 Å². The van der Waals surface area contributed by atoms with Gasteiger partial charge in [0.2, 0.25) is 0 Å². The smallest absolute Gasteiger partial charge is 0.784 e. The van der Waals surface area contributed by atoms with Crippen molar-refractivity contribution in [2.24, 2.45) is 0 Å². The molecule has 18 heavy (non-hydrogen) atoms. The largest absolute Gasteiger partial charge is 1.00 e. The molecule has 0 aromatic heterocycles. The summed E-state index contributed by atoms with van der Waals surface area (Å²) in [5, 5.41) is 0. The summed E-state index contributed by atoms with van der Waals surface area (Å²) in [7, 11) is 0. The molecule has 118 valence electrons. The van der Waals surface area contributed by atoms with E-state index < -0.39 is 34.1 Å².